The summed E-state index contributed by atoms with van der Waals surface area (Å²) in [5.74, 6) is 1.82. The Bertz CT molecular complexity index is 376. The lowest BCUT2D eigenvalue weighted by molar-refractivity contribution is -0.0179. The van der Waals surface area contributed by atoms with Gasteiger partial charge < -0.3 is 9.72 Å². The van der Waals surface area contributed by atoms with E-state index in [0.717, 1.165) is 24.6 Å². The van der Waals surface area contributed by atoms with Gasteiger partial charge in [0.1, 0.15) is 12.4 Å². The van der Waals surface area contributed by atoms with E-state index in [1.54, 1.807) is 0 Å². The number of hydrogen-bond acceptors (Lipinski definition) is 2. The van der Waals surface area contributed by atoms with Gasteiger partial charge in [-0.1, -0.05) is 13.3 Å². The summed E-state index contributed by atoms with van der Waals surface area (Å²) in [5.41, 5.74) is 2.51. The number of rotatable bonds is 3. The van der Waals surface area contributed by atoms with E-state index in [4.69, 9.17) is 4.74 Å². The van der Waals surface area contributed by atoms with Crippen LogP contribution in [0.25, 0.3) is 0 Å². The second kappa shape index (κ2) is 4.81. The van der Waals surface area contributed by atoms with Gasteiger partial charge in [-0.3, -0.25) is 0 Å². The zero-order valence-corrected chi connectivity index (χ0v) is 11.5. The van der Waals surface area contributed by atoms with E-state index in [-0.39, 0.29) is 5.60 Å². The smallest absolute Gasteiger partial charge is 0.132 e. The first-order chi connectivity index (χ1) is 7.98. The summed E-state index contributed by atoms with van der Waals surface area (Å²) in [6.45, 7) is 9.08. The van der Waals surface area contributed by atoms with Crippen LogP contribution in [0.2, 0.25) is 0 Å². The molecule has 3 nitrogen and oxygen atoms in total. The summed E-state index contributed by atoms with van der Waals surface area (Å²) in [5, 5.41) is 0. The highest BCUT2D eigenvalue weighted by Crippen LogP contribution is 2.26. The van der Waals surface area contributed by atoms with Crippen LogP contribution in [0.3, 0.4) is 0 Å². The summed E-state index contributed by atoms with van der Waals surface area (Å²) in [4.78, 5) is 8.08. The Morgan fingerprint density at radius 1 is 1.41 bits per heavy atom. The summed E-state index contributed by atoms with van der Waals surface area (Å²) >= 11 is 0. The third kappa shape index (κ3) is 3.32. The Morgan fingerprint density at radius 2 is 2.18 bits per heavy atom. The lowest BCUT2D eigenvalue weighted by atomic mass is 9.88. The van der Waals surface area contributed by atoms with Crippen LogP contribution in [-0.2, 0) is 24.2 Å². The number of aryl methyl sites for hydroxylation is 1. The van der Waals surface area contributed by atoms with Crippen molar-refractivity contribution in [3.63, 3.8) is 0 Å². The van der Waals surface area contributed by atoms with Crippen LogP contribution in [0.5, 0.6) is 0 Å². The molecule has 3 heteroatoms. The van der Waals surface area contributed by atoms with Crippen molar-refractivity contribution in [2.24, 2.45) is 5.92 Å². The number of hydrogen-bond donors (Lipinski definition) is 1. The maximum Gasteiger partial charge on any atom is 0.132 e. The molecular weight excluding hydrogens is 212 g/mol. The first kappa shape index (κ1) is 12.6. The largest absolute Gasteiger partial charge is 0.368 e. The summed E-state index contributed by atoms with van der Waals surface area (Å²) in [7, 11) is 0. The normalized spacial score (nSPS) is 20.4. The zero-order valence-electron chi connectivity index (χ0n) is 11.5. The molecule has 0 fully saturated rings. The average molecular weight is 236 g/mol. The Labute approximate surface area is 104 Å². The number of fused-ring (bicyclic) bond motifs is 1. The number of ether oxygens (including phenoxy) is 1. The highest BCUT2D eigenvalue weighted by molar-refractivity contribution is 5.18. The first-order valence-electron chi connectivity index (χ1n) is 6.68. The molecule has 1 aliphatic carbocycles. The van der Waals surface area contributed by atoms with Gasteiger partial charge in [0.2, 0.25) is 0 Å². The van der Waals surface area contributed by atoms with Crippen LogP contribution in [0.15, 0.2) is 0 Å². The molecule has 0 saturated heterocycles. The molecule has 1 aromatic rings. The molecule has 0 aliphatic heterocycles. The predicted molar refractivity (Wildman–Crippen MR) is 68.9 cm³/mol. The Kier molecular flexibility index (Phi) is 3.57. The molecule has 0 bridgehead atoms. The van der Waals surface area contributed by atoms with E-state index < -0.39 is 0 Å². The highest BCUT2D eigenvalue weighted by Gasteiger charge is 2.21. The van der Waals surface area contributed by atoms with E-state index in [9.17, 15) is 0 Å². The molecule has 0 radical (unpaired) electrons. The fourth-order valence-electron chi connectivity index (χ4n) is 2.31. The predicted octanol–water partition coefficient (Wildman–Crippen LogP) is 3.24. The van der Waals surface area contributed by atoms with Crippen LogP contribution in [0.4, 0.5) is 0 Å². The van der Waals surface area contributed by atoms with Crippen molar-refractivity contribution in [3.8, 4) is 0 Å². The molecule has 1 aromatic heterocycles. The van der Waals surface area contributed by atoms with Crippen molar-refractivity contribution in [3.05, 3.63) is 17.2 Å². The Balaban J connectivity index is 2.00. The zero-order chi connectivity index (χ0) is 12.5. The van der Waals surface area contributed by atoms with Crippen molar-refractivity contribution < 1.29 is 4.74 Å². The molecule has 0 saturated carbocycles. The third-order valence-electron chi connectivity index (χ3n) is 3.41. The lowest BCUT2D eigenvalue weighted by Crippen LogP contribution is -2.19. The van der Waals surface area contributed by atoms with Crippen molar-refractivity contribution in [2.45, 2.75) is 65.6 Å². The number of imidazole rings is 1. The maximum atomic E-state index is 5.75. The standard InChI is InChI=1S/C14H24N2O/c1-5-10-6-7-11-12(8-10)16-13(15-11)9-17-14(2,3)4/h10H,5-9H2,1-4H3,(H,15,16). The van der Waals surface area contributed by atoms with Crippen molar-refractivity contribution in [2.75, 3.05) is 0 Å². The van der Waals surface area contributed by atoms with Gasteiger partial charge in [-0.2, -0.15) is 0 Å². The second-order valence-electron chi connectivity index (χ2n) is 6.03. The van der Waals surface area contributed by atoms with Gasteiger partial charge in [-0.05, 0) is 46.0 Å². The van der Waals surface area contributed by atoms with Gasteiger partial charge >= 0.3 is 0 Å². The minimum atomic E-state index is -0.0980. The SMILES string of the molecule is CCC1CCc2nc(COC(C)(C)C)[nH]c2C1. The van der Waals surface area contributed by atoms with Gasteiger partial charge in [0.15, 0.2) is 0 Å². The summed E-state index contributed by atoms with van der Waals surface area (Å²) < 4.78 is 5.75. The van der Waals surface area contributed by atoms with Crippen LogP contribution < -0.4 is 0 Å². The monoisotopic (exact) mass is 236 g/mol. The summed E-state index contributed by atoms with van der Waals surface area (Å²) in [6, 6.07) is 0. The molecule has 1 unspecified atom stereocenters. The number of H-pyrrole nitrogens is 1. The quantitative estimate of drug-likeness (QED) is 0.875. The first-order valence-corrected chi connectivity index (χ1v) is 6.68. The maximum absolute atomic E-state index is 5.75. The Morgan fingerprint density at radius 3 is 2.82 bits per heavy atom. The fraction of sp³-hybridized carbons (Fsp3) is 0.786. The lowest BCUT2D eigenvalue weighted by Gasteiger charge is -2.19. The number of aromatic nitrogens is 2. The van der Waals surface area contributed by atoms with Crippen LogP contribution in [0.1, 0.15) is 57.7 Å². The molecule has 2 rings (SSSR count). The molecular formula is C14H24N2O. The highest BCUT2D eigenvalue weighted by atomic mass is 16.5. The molecule has 1 N–H and O–H groups in total. The Hall–Kier alpha value is -0.830. The van der Waals surface area contributed by atoms with E-state index in [2.05, 4.69) is 37.7 Å². The summed E-state index contributed by atoms with van der Waals surface area (Å²) in [6.07, 6.45) is 4.84. The number of aromatic amines is 1. The number of nitrogens with one attached hydrogen (secondary N) is 1. The minimum absolute atomic E-state index is 0.0980. The molecule has 17 heavy (non-hydrogen) atoms. The van der Waals surface area contributed by atoms with Gasteiger partial charge in [-0.15, -0.1) is 0 Å². The van der Waals surface area contributed by atoms with Crippen molar-refractivity contribution in [1.29, 1.82) is 0 Å². The van der Waals surface area contributed by atoms with Crippen molar-refractivity contribution >= 4 is 0 Å². The van der Waals surface area contributed by atoms with Gasteiger partial charge in [0.05, 0.1) is 11.3 Å². The molecule has 0 spiro atoms. The second-order valence-corrected chi connectivity index (χ2v) is 6.03. The van der Waals surface area contributed by atoms with E-state index in [1.165, 1.54) is 24.2 Å². The van der Waals surface area contributed by atoms with E-state index in [0.29, 0.717) is 6.61 Å². The third-order valence-corrected chi connectivity index (χ3v) is 3.41. The minimum Gasteiger partial charge on any atom is -0.368 e. The van der Waals surface area contributed by atoms with E-state index >= 15 is 0 Å². The van der Waals surface area contributed by atoms with Crippen molar-refractivity contribution in [1.82, 2.24) is 9.97 Å². The number of nitrogens with zero attached hydrogens (tertiary/aromatic N) is 1. The molecule has 0 amide bonds. The van der Waals surface area contributed by atoms with Gasteiger partial charge in [0, 0.05) is 5.69 Å². The topological polar surface area (TPSA) is 37.9 Å². The van der Waals surface area contributed by atoms with Crippen LogP contribution >= 0.6 is 0 Å². The van der Waals surface area contributed by atoms with Gasteiger partial charge in [0.25, 0.3) is 0 Å². The van der Waals surface area contributed by atoms with Crippen LogP contribution in [-0.4, -0.2) is 15.6 Å². The van der Waals surface area contributed by atoms with E-state index in [1.807, 2.05) is 0 Å². The van der Waals surface area contributed by atoms with Crippen LogP contribution in [0, 0.1) is 5.92 Å². The molecule has 1 heterocycles. The fourth-order valence-corrected chi connectivity index (χ4v) is 2.31. The molecule has 96 valence electrons. The van der Waals surface area contributed by atoms with Gasteiger partial charge in [-0.25, -0.2) is 4.98 Å². The molecule has 1 aliphatic rings. The average Bonchev–Trinajstić information content (AvgIpc) is 2.66. The molecule has 0 aromatic carbocycles. The molecule has 1 atom stereocenters.